The van der Waals surface area contributed by atoms with Gasteiger partial charge in [0, 0.05) is 12.8 Å². The van der Waals surface area contributed by atoms with Gasteiger partial charge in [-0.1, -0.05) is 36.4 Å². The number of aliphatic hydroxyl groups excluding tert-OH is 2. The molecule has 26 heavy (non-hydrogen) atoms. The van der Waals surface area contributed by atoms with Crippen LogP contribution in [0, 0.1) is 0 Å². The highest BCUT2D eigenvalue weighted by Crippen LogP contribution is 2.22. The van der Waals surface area contributed by atoms with Crippen LogP contribution >= 0.6 is 0 Å². The van der Waals surface area contributed by atoms with Crippen LogP contribution in [0.2, 0.25) is 0 Å². The minimum atomic E-state index is -0.0367. The van der Waals surface area contributed by atoms with Crippen LogP contribution in [0.15, 0.2) is 48.5 Å². The van der Waals surface area contributed by atoms with E-state index in [1.54, 1.807) is 0 Å². The van der Waals surface area contributed by atoms with Crippen LogP contribution < -0.4 is 9.47 Å². The zero-order valence-electron chi connectivity index (χ0n) is 14.9. The molecule has 0 aliphatic rings. The molecule has 0 saturated heterocycles. The van der Waals surface area contributed by atoms with Crippen molar-refractivity contribution in [1.29, 1.82) is 0 Å². The summed E-state index contributed by atoms with van der Waals surface area (Å²) in [4.78, 5) is 12.3. The Hall–Kier alpha value is -2.37. The number of hydrogen-bond donors (Lipinski definition) is 2. The van der Waals surface area contributed by atoms with Crippen molar-refractivity contribution in [1.82, 2.24) is 0 Å². The summed E-state index contributed by atoms with van der Waals surface area (Å²) in [5, 5.41) is 17.8. The lowest BCUT2D eigenvalue weighted by molar-refractivity contribution is -0.119. The number of rotatable bonds is 12. The van der Waals surface area contributed by atoms with E-state index in [4.69, 9.17) is 19.7 Å². The second kappa shape index (κ2) is 11.3. The van der Waals surface area contributed by atoms with Crippen LogP contribution in [0.3, 0.4) is 0 Å². The van der Waals surface area contributed by atoms with Crippen molar-refractivity contribution >= 4 is 5.78 Å². The molecule has 0 fully saturated rings. The molecule has 5 heteroatoms. The zero-order valence-corrected chi connectivity index (χ0v) is 14.9. The van der Waals surface area contributed by atoms with Crippen LogP contribution in [-0.4, -0.2) is 42.4 Å². The number of carbonyl (C=O) groups excluding carboxylic acids is 1. The summed E-state index contributed by atoms with van der Waals surface area (Å²) >= 11 is 0. The maximum absolute atomic E-state index is 12.3. The van der Waals surface area contributed by atoms with Gasteiger partial charge in [-0.2, -0.15) is 0 Å². The Morgan fingerprint density at radius 2 is 1.15 bits per heavy atom. The van der Waals surface area contributed by atoms with E-state index in [9.17, 15) is 4.79 Å². The molecule has 0 spiro atoms. The van der Waals surface area contributed by atoms with E-state index in [2.05, 4.69) is 0 Å². The topological polar surface area (TPSA) is 76.0 Å². The quantitative estimate of drug-likeness (QED) is 0.610. The summed E-state index contributed by atoms with van der Waals surface area (Å²) in [7, 11) is 0. The molecule has 0 heterocycles. The van der Waals surface area contributed by atoms with E-state index in [1.807, 2.05) is 48.5 Å². The normalized spacial score (nSPS) is 10.5. The van der Waals surface area contributed by atoms with Gasteiger partial charge in [0.15, 0.2) is 0 Å². The van der Waals surface area contributed by atoms with Crippen LogP contribution in [0.25, 0.3) is 0 Å². The Kier molecular flexibility index (Phi) is 8.66. The number of para-hydroxylation sites is 2. The molecule has 0 aliphatic carbocycles. The summed E-state index contributed by atoms with van der Waals surface area (Å²) in [5.74, 6) is 1.62. The van der Waals surface area contributed by atoms with Crippen molar-refractivity contribution in [2.24, 2.45) is 0 Å². The summed E-state index contributed by atoms with van der Waals surface area (Å²) in [6.45, 7) is 0.418. The van der Waals surface area contributed by atoms with Gasteiger partial charge in [-0.3, -0.25) is 4.79 Å². The number of hydrogen-bond acceptors (Lipinski definition) is 5. The lowest BCUT2D eigenvalue weighted by Crippen LogP contribution is -2.07. The first-order chi connectivity index (χ1) is 12.7. The minimum Gasteiger partial charge on any atom is -0.491 e. The smallest absolute Gasteiger partial charge is 0.133 e. The molecule has 0 bridgehead atoms. The van der Waals surface area contributed by atoms with Gasteiger partial charge < -0.3 is 19.7 Å². The Morgan fingerprint density at radius 1 is 0.731 bits per heavy atom. The molecule has 5 nitrogen and oxygen atoms in total. The summed E-state index contributed by atoms with van der Waals surface area (Å²) < 4.78 is 11.0. The highest BCUT2D eigenvalue weighted by molar-refractivity contribution is 5.79. The fourth-order valence-electron chi connectivity index (χ4n) is 2.69. The summed E-state index contributed by atoms with van der Waals surface area (Å²) in [6.07, 6.45) is 2.12. The third-order valence-corrected chi connectivity index (χ3v) is 3.99. The van der Waals surface area contributed by atoms with Crippen molar-refractivity contribution in [3.63, 3.8) is 0 Å². The molecular weight excluding hydrogens is 332 g/mol. The molecule has 0 unspecified atom stereocenters. The van der Waals surface area contributed by atoms with Crippen molar-refractivity contribution < 1.29 is 24.5 Å². The van der Waals surface area contributed by atoms with Crippen molar-refractivity contribution in [2.75, 3.05) is 26.4 Å². The molecule has 2 rings (SSSR count). The van der Waals surface area contributed by atoms with E-state index in [0.717, 1.165) is 22.6 Å². The van der Waals surface area contributed by atoms with Crippen molar-refractivity contribution in [2.45, 2.75) is 25.7 Å². The molecule has 0 saturated carbocycles. The van der Waals surface area contributed by atoms with Crippen molar-refractivity contribution in [3.05, 3.63) is 59.7 Å². The second-order valence-corrected chi connectivity index (χ2v) is 5.90. The third-order valence-electron chi connectivity index (χ3n) is 3.99. The number of aliphatic hydroxyl groups is 2. The van der Waals surface area contributed by atoms with E-state index in [-0.39, 0.29) is 32.2 Å². The minimum absolute atomic E-state index is 0.0367. The third kappa shape index (κ3) is 6.50. The Bertz CT molecular complexity index is 626. The molecule has 2 N–H and O–H groups in total. The molecule has 2 aromatic rings. The number of carbonyl (C=O) groups is 1. The lowest BCUT2D eigenvalue weighted by atomic mass is 10.0. The lowest BCUT2D eigenvalue weighted by Gasteiger charge is -2.11. The summed E-state index contributed by atoms with van der Waals surface area (Å²) in [5.41, 5.74) is 1.95. The zero-order chi connectivity index (χ0) is 18.6. The molecule has 0 amide bonds. The average Bonchev–Trinajstić information content (AvgIpc) is 2.68. The number of ether oxygens (including phenoxy) is 2. The Balaban J connectivity index is 1.85. The second-order valence-electron chi connectivity index (χ2n) is 5.90. The first kappa shape index (κ1) is 19.9. The van der Waals surface area contributed by atoms with E-state index in [0.29, 0.717) is 25.7 Å². The van der Waals surface area contributed by atoms with Gasteiger partial charge in [-0.25, -0.2) is 0 Å². The number of benzene rings is 2. The van der Waals surface area contributed by atoms with Crippen LogP contribution in [0.4, 0.5) is 0 Å². The van der Waals surface area contributed by atoms with E-state index in [1.165, 1.54) is 0 Å². The average molecular weight is 358 g/mol. The van der Waals surface area contributed by atoms with Gasteiger partial charge in [-0.15, -0.1) is 0 Å². The van der Waals surface area contributed by atoms with Crippen LogP contribution in [0.1, 0.15) is 24.0 Å². The molecule has 0 radical (unpaired) electrons. The molecular formula is C21H26O5. The number of Topliss-reactive ketones (excluding diaryl/α,β-unsaturated/α-hetero) is 1. The van der Waals surface area contributed by atoms with Crippen LogP contribution in [0.5, 0.6) is 11.5 Å². The van der Waals surface area contributed by atoms with E-state index >= 15 is 0 Å². The molecule has 2 aromatic carbocycles. The predicted molar refractivity (Wildman–Crippen MR) is 99.7 cm³/mol. The van der Waals surface area contributed by atoms with Gasteiger partial charge in [-0.05, 0) is 36.1 Å². The maximum Gasteiger partial charge on any atom is 0.133 e. The van der Waals surface area contributed by atoms with Gasteiger partial charge in [0.05, 0.1) is 13.2 Å². The fraction of sp³-hybridized carbons (Fsp3) is 0.381. The highest BCUT2D eigenvalue weighted by Gasteiger charge is 2.09. The van der Waals surface area contributed by atoms with Crippen LogP contribution in [-0.2, 0) is 17.6 Å². The SMILES string of the molecule is O=C(CCc1ccccc1OCCO)CCc1ccccc1OCCO. The first-order valence-electron chi connectivity index (χ1n) is 8.89. The molecule has 0 atom stereocenters. The standard InChI is InChI=1S/C21H26O5/c22-13-15-25-20-7-3-1-5-17(20)9-11-19(24)12-10-18-6-2-4-8-21(18)26-16-14-23/h1-8,22-23H,9-16H2. The largest absolute Gasteiger partial charge is 0.491 e. The van der Waals surface area contributed by atoms with Gasteiger partial charge in [0.25, 0.3) is 0 Å². The molecule has 140 valence electrons. The summed E-state index contributed by atoms with van der Waals surface area (Å²) in [6, 6.07) is 15.2. The van der Waals surface area contributed by atoms with Crippen molar-refractivity contribution in [3.8, 4) is 11.5 Å². The predicted octanol–water partition coefficient (Wildman–Crippen LogP) is 2.56. The van der Waals surface area contributed by atoms with Gasteiger partial charge in [0.1, 0.15) is 30.5 Å². The van der Waals surface area contributed by atoms with Gasteiger partial charge in [0.2, 0.25) is 0 Å². The molecule has 0 aromatic heterocycles. The Morgan fingerprint density at radius 3 is 1.58 bits per heavy atom. The molecule has 0 aliphatic heterocycles. The van der Waals surface area contributed by atoms with E-state index < -0.39 is 0 Å². The Labute approximate surface area is 154 Å². The number of ketones is 1. The monoisotopic (exact) mass is 358 g/mol. The maximum atomic E-state index is 12.3. The number of aryl methyl sites for hydroxylation is 2. The fourth-order valence-corrected chi connectivity index (χ4v) is 2.69. The highest BCUT2D eigenvalue weighted by atomic mass is 16.5. The first-order valence-corrected chi connectivity index (χ1v) is 8.89. The van der Waals surface area contributed by atoms with Gasteiger partial charge >= 0.3 is 0 Å².